The molecule has 0 fully saturated rings. The molecule has 0 radical (unpaired) electrons. The van der Waals surface area contributed by atoms with Crippen molar-refractivity contribution in [2.24, 2.45) is 7.05 Å². The Morgan fingerprint density at radius 1 is 1.50 bits per heavy atom. The first-order chi connectivity index (χ1) is 9.60. The van der Waals surface area contributed by atoms with Crippen molar-refractivity contribution in [1.29, 1.82) is 0 Å². The summed E-state index contributed by atoms with van der Waals surface area (Å²) in [7, 11) is 3.15. The van der Waals surface area contributed by atoms with Crippen molar-refractivity contribution in [3.63, 3.8) is 0 Å². The number of methoxy groups -OCH3 is 1. The Bertz CT molecular complexity index is 609. The second-order valence-corrected chi connectivity index (χ2v) is 4.30. The third kappa shape index (κ3) is 3.25. The lowest BCUT2D eigenvalue weighted by Gasteiger charge is -2.09. The van der Waals surface area contributed by atoms with Crippen LogP contribution in [0.2, 0.25) is 0 Å². The minimum atomic E-state index is -0.447. The Morgan fingerprint density at radius 2 is 2.30 bits per heavy atom. The van der Waals surface area contributed by atoms with Crippen molar-refractivity contribution in [3.8, 4) is 0 Å². The molecule has 2 rings (SSSR count). The molecule has 7 nitrogen and oxygen atoms in total. The Kier molecular flexibility index (Phi) is 4.19. The number of carbonyl (C=O) groups excluding carboxylic acids is 1. The van der Waals surface area contributed by atoms with Gasteiger partial charge >= 0.3 is 5.97 Å². The number of carbonyl (C=O) groups is 1. The van der Waals surface area contributed by atoms with Gasteiger partial charge in [0.25, 0.3) is 0 Å². The molecular weight excluding hydrogens is 258 g/mol. The van der Waals surface area contributed by atoms with E-state index in [2.05, 4.69) is 20.1 Å². The van der Waals surface area contributed by atoms with Gasteiger partial charge < -0.3 is 15.8 Å². The molecule has 1 aromatic heterocycles. The van der Waals surface area contributed by atoms with Gasteiger partial charge in [-0.05, 0) is 18.2 Å². The number of hydrogen-bond donors (Lipinski definition) is 2. The summed E-state index contributed by atoms with van der Waals surface area (Å²) in [6.07, 6.45) is 2.35. The summed E-state index contributed by atoms with van der Waals surface area (Å²) in [5.74, 6) is 0.321. The topological polar surface area (TPSA) is 95.1 Å². The fraction of sp³-hybridized carbons (Fsp3) is 0.308. The van der Waals surface area contributed by atoms with Crippen LogP contribution in [0.15, 0.2) is 24.5 Å². The molecule has 0 aliphatic heterocycles. The first-order valence-electron chi connectivity index (χ1n) is 6.16. The van der Waals surface area contributed by atoms with Crippen LogP contribution in [-0.2, 0) is 18.2 Å². The zero-order chi connectivity index (χ0) is 14.5. The third-order valence-corrected chi connectivity index (χ3v) is 2.78. The summed E-state index contributed by atoms with van der Waals surface area (Å²) in [5.41, 5.74) is 7.29. The number of aromatic nitrogens is 3. The normalized spacial score (nSPS) is 10.3. The van der Waals surface area contributed by atoms with Gasteiger partial charge in [-0.25, -0.2) is 9.78 Å². The first kappa shape index (κ1) is 13.9. The van der Waals surface area contributed by atoms with Crippen LogP contribution in [0.25, 0.3) is 0 Å². The standard InChI is InChI=1S/C13H17N5O2/c1-18-8-16-12(17-18)5-6-15-9-3-4-11(14)10(7-9)13(19)20-2/h3-4,7-8,15H,5-6,14H2,1-2H3. The molecule has 1 aromatic carbocycles. The van der Waals surface area contributed by atoms with Gasteiger partial charge in [0.2, 0.25) is 0 Å². The number of hydrogen-bond acceptors (Lipinski definition) is 6. The third-order valence-electron chi connectivity index (χ3n) is 2.78. The zero-order valence-corrected chi connectivity index (χ0v) is 11.5. The first-order valence-corrected chi connectivity index (χ1v) is 6.16. The van der Waals surface area contributed by atoms with Crippen LogP contribution in [0.1, 0.15) is 16.2 Å². The van der Waals surface area contributed by atoms with E-state index in [0.717, 1.165) is 11.5 Å². The number of esters is 1. The van der Waals surface area contributed by atoms with Crippen LogP contribution >= 0.6 is 0 Å². The molecule has 1 heterocycles. The number of nitrogens with zero attached hydrogens (tertiary/aromatic N) is 3. The van der Waals surface area contributed by atoms with Crippen LogP contribution in [0.3, 0.4) is 0 Å². The molecule has 0 amide bonds. The molecule has 0 saturated carbocycles. The SMILES string of the molecule is COC(=O)c1cc(NCCc2ncn(C)n2)ccc1N. The van der Waals surface area contributed by atoms with Crippen molar-refractivity contribution >= 4 is 17.3 Å². The minimum absolute atomic E-state index is 0.355. The lowest BCUT2D eigenvalue weighted by atomic mass is 10.1. The number of nitrogens with two attached hydrogens (primary N) is 1. The number of nitrogens with one attached hydrogen (secondary N) is 1. The molecule has 0 saturated heterocycles. The maximum atomic E-state index is 11.5. The Balaban J connectivity index is 1.97. The highest BCUT2D eigenvalue weighted by atomic mass is 16.5. The summed E-state index contributed by atoms with van der Waals surface area (Å²) >= 11 is 0. The van der Waals surface area contributed by atoms with Gasteiger partial charge in [-0.1, -0.05) is 0 Å². The average molecular weight is 275 g/mol. The fourth-order valence-corrected chi connectivity index (χ4v) is 1.77. The number of rotatable bonds is 5. The van der Waals surface area contributed by atoms with Gasteiger partial charge in [0.1, 0.15) is 6.33 Å². The molecule has 7 heteroatoms. The quantitative estimate of drug-likeness (QED) is 0.620. The smallest absolute Gasteiger partial charge is 0.340 e. The highest BCUT2D eigenvalue weighted by Gasteiger charge is 2.10. The van der Waals surface area contributed by atoms with Crippen molar-refractivity contribution in [2.45, 2.75) is 6.42 Å². The van der Waals surface area contributed by atoms with E-state index in [9.17, 15) is 4.79 Å². The van der Waals surface area contributed by atoms with Gasteiger partial charge in [-0.15, -0.1) is 0 Å². The molecule has 3 N–H and O–H groups in total. The molecule has 0 aliphatic rings. The minimum Gasteiger partial charge on any atom is -0.465 e. The predicted octanol–water partition coefficient (Wildman–Crippen LogP) is 0.838. The van der Waals surface area contributed by atoms with Gasteiger partial charge in [-0.3, -0.25) is 4.68 Å². The van der Waals surface area contributed by atoms with E-state index < -0.39 is 5.97 Å². The summed E-state index contributed by atoms with van der Waals surface area (Å²) in [4.78, 5) is 15.7. The van der Waals surface area contributed by atoms with Gasteiger partial charge in [-0.2, -0.15) is 5.10 Å². The predicted molar refractivity (Wildman–Crippen MR) is 75.4 cm³/mol. The van der Waals surface area contributed by atoms with E-state index in [1.54, 1.807) is 23.1 Å². The summed E-state index contributed by atoms with van der Waals surface area (Å²) in [6.45, 7) is 0.661. The number of benzene rings is 1. The Labute approximate surface area is 116 Å². The van der Waals surface area contributed by atoms with Crippen molar-refractivity contribution in [2.75, 3.05) is 24.7 Å². The average Bonchev–Trinajstić information content (AvgIpc) is 2.85. The monoisotopic (exact) mass is 275 g/mol. The van der Waals surface area contributed by atoms with Crippen molar-refractivity contribution < 1.29 is 9.53 Å². The van der Waals surface area contributed by atoms with Gasteiger partial charge in [0, 0.05) is 31.4 Å². The maximum absolute atomic E-state index is 11.5. The van der Waals surface area contributed by atoms with Crippen LogP contribution in [-0.4, -0.2) is 34.4 Å². The second kappa shape index (κ2) is 6.05. The molecule has 0 atom stereocenters. The lowest BCUT2D eigenvalue weighted by Crippen LogP contribution is -2.09. The van der Waals surface area contributed by atoms with Crippen molar-refractivity contribution in [3.05, 3.63) is 35.9 Å². The van der Waals surface area contributed by atoms with Crippen LogP contribution < -0.4 is 11.1 Å². The van der Waals surface area contributed by atoms with Crippen LogP contribution in [0, 0.1) is 0 Å². The van der Waals surface area contributed by atoms with Gasteiger partial charge in [0.15, 0.2) is 5.82 Å². The molecule has 0 spiro atoms. The molecule has 0 aliphatic carbocycles. The van der Waals surface area contributed by atoms with Crippen molar-refractivity contribution in [1.82, 2.24) is 14.8 Å². The fourth-order valence-electron chi connectivity index (χ4n) is 1.77. The molecular formula is C13H17N5O2. The number of aryl methyl sites for hydroxylation is 1. The molecule has 2 aromatic rings. The molecule has 106 valence electrons. The van der Waals surface area contributed by atoms with Crippen LogP contribution in [0.4, 0.5) is 11.4 Å². The lowest BCUT2D eigenvalue weighted by molar-refractivity contribution is 0.0602. The van der Waals surface area contributed by atoms with E-state index in [1.807, 2.05) is 13.1 Å². The highest BCUT2D eigenvalue weighted by molar-refractivity contribution is 5.96. The van der Waals surface area contributed by atoms with E-state index in [1.165, 1.54) is 7.11 Å². The Hall–Kier alpha value is -2.57. The summed E-state index contributed by atoms with van der Waals surface area (Å²) in [6, 6.07) is 5.16. The van der Waals surface area contributed by atoms with E-state index in [-0.39, 0.29) is 0 Å². The Morgan fingerprint density at radius 3 is 2.95 bits per heavy atom. The number of nitrogen functional groups attached to an aromatic ring is 1. The summed E-state index contributed by atoms with van der Waals surface area (Å²) < 4.78 is 6.34. The zero-order valence-electron chi connectivity index (χ0n) is 11.5. The summed E-state index contributed by atoms with van der Waals surface area (Å²) in [5, 5.41) is 7.38. The van der Waals surface area contributed by atoms with E-state index in [0.29, 0.717) is 24.2 Å². The van der Waals surface area contributed by atoms with Gasteiger partial charge in [0.05, 0.1) is 12.7 Å². The van der Waals surface area contributed by atoms with E-state index in [4.69, 9.17) is 5.73 Å². The maximum Gasteiger partial charge on any atom is 0.340 e. The number of anilines is 2. The molecule has 20 heavy (non-hydrogen) atoms. The van der Waals surface area contributed by atoms with E-state index >= 15 is 0 Å². The largest absolute Gasteiger partial charge is 0.465 e. The molecule has 0 bridgehead atoms. The second-order valence-electron chi connectivity index (χ2n) is 4.30. The van der Waals surface area contributed by atoms with Crippen LogP contribution in [0.5, 0.6) is 0 Å². The number of ether oxygens (including phenoxy) is 1. The molecule has 0 unspecified atom stereocenters. The highest BCUT2D eigenvalue weighted by Crippen LogP contribution is 2.18.